The molecule has 0 spiro atoms. The van der Waals surface area contributed by atoms with Gasteiger partial charge in [0.05, 0.1) is 11.5 Å². The predicted molar refractivity (Wildman–Crippen MR) is 109 cm³/mol. The Bertz CT molecular complexity index is 1200. The second kappa shape index (κ2) is 7.30. The van der Waals surface area contributed by atoms with Crippen LogP contribution in [-0.4, -0.2) is 36.8 Å². The third kappa shape index (κ3) is 3.79. The molecular formula is C22H22FNO4S. The van der Waals surface area contributed by atoms with Crippen LogP contribution in [-0.2, 0) is 16.4 Å². The molecule has 1 aromatic heterocycles. The van der Waals surface area contributed by atoms with E-state index in [4.69, 9.17) is 4.42 Å². The standard InChI is InChI=1S/C22H22FNO4S/c1-14-7-8-20-18(11-14)15(2)21(28-20)22(25)24(17-9-10-29(26,27)13-17)12-16-5-3-4-6-19(16)23/h3-8,11,17H,9-10,12-13H2,1-2H3/t17-/m0/s1. The molecule has 0 radical (unpaired) electrons. The molecule has 2 heterocycles. The lowest BCUT2D eigenvalue weighted by molar-refractivity contribution is 0.0647. The molecule has 29 heavy (non-hydrogen) atoms. The van der Waals surface area contributed by atoms with Gasteiger partial charge in [-0.15, -0.1) is 0 Å². The zero-order valence-electron chi connectivity index (χ0n) is 16.3. The molecule has 1 amide bonds. The minimum absolute atomic E-state index is 0.0127. The van der Waals surface area contributed by atoms with Gasteiger partial charge in [-0.3, -0.25) is 4.79 Å². The van der Waals surface area contributed by atoms with Crippen molar-refractivity contribution in [1.82, 2.24) is 4.90 Å². The van der Waals surface area contributed by atoms with Gasteiger partial charge in [-0.05, 0) is 38.5 Å². The van der Waals surface area contributed by atoms with E-state index >= 15 is 0 Å². The predicted octanol–water partition coefficient (Wildman–Crippen LogP) is 4.02. The van der Waals surface area contributed by atoms with Crippen LogP contribution in [0.1, 0.15) is 33.7 Å². The number of halogens is 1. The number of furan rings is 1. The van der Waals surface area contributed by atoms with Crippen molar-refractivity contribution in [2.45, 2.75) is 32.9 Å². The third-order valence-electron chi connectivity index (χ3n) is 5.49. The highest BCUT2D eigenvalue weighted by Crippen LogP contribution is 2.30. The quantitative estimate of drug-likeness (QED) is 0.646. The number of nitrogens with zero attached hydrogens (tertiary/aromatic N) is 1. The van der Waals surface area contributed by atoms with E-state index in [0.717, 1.165) is 10.9 Å². The molecule has 0 unspecified atom stereocenters. The van der Waals surface area contributed by atoms with E-state index in [1.54, 1.807) is 18.2 Å². The molecule has 1 aliphatic heterocycles. The Hall–Kier alpha value is -2.67. The maximum absolute atomic E-state index is 14.3. The van der Waals surface area contributed by atoms with Crippen molar-refractivity contribution in [3.05, 3.63) is 70.7 Å². The number of amides is 1. The molecule has 2 aromatic carbocycles. The molecule has 1 fully saturated rings. The van der Waals surface area contributed by atoms with Crippen molar-refractivity contribution in [2.24, 2.45) is 0 Å². The fourth-order valence-corrected chi connectivity index (χ4v) is 5.60. The average molecular weight is 415 g/mol. The highest BCUT2D eigenvalue weighted by atomic mass is 32.2. The zero-order valence-corrected chi connectivity index (χ0v) is 17.1. The highest BCUT2D eigenvalue weighted by Gasteiger charge is 2.37. The topological polar surface area (TPSA) is 67.6 Å². The van der Waals surface area contributed by atoms with Crippen LogP contribution in [0.2, 0.25) is 0 Å². The maximum Gasteiger partial charge on any atom is 0.290 e. The Labute approximate surface area is 169 Å². The van der Waals surface area contributed by atoms with E-state index in [-0.39, 0.29) is 23.8 Å². The second-order valence-corrected chi connectivity index (χ2v) is 9.87. The smallest absolute Gasteiger partial charge is 0.290 e. The normalized spacial score (nSPS) is 18.2. The van der Waals surface area contributed by atoms with Crippen LogP contribution in [0.5, 0.6) is 0 Å². The summed E-state index contributed by atoms with van der Waals surface area (Å²) in [5.74, 6) is -0.765. The molecule has 1 atom stereocenters. The van der Waals surface area contributed by atoms with Crippen molar-refractivity contribution in [2.75, 3.05) is 11.5 Å². The van der Waals surface area contributed by atoms with Gasteiger partial charge in [0.2, 0.25) is 0 Å². The Kier molecular flexibility index (Phi) is 4.94. The van der Waals surface area contributed by atoms with E-state index in [0.29, 0.717) is 23.1 Å². The Morgan fingerprint density at radius 2 is 1.97 bits per heavy atom. The SMILES string of the molecule is Cc1ccc2oc(C(=O)N(Cc3ccccc3F)[C@H]3CCS(=O)(=O)C3)c(C)c2c1. The molecule has 7 heteroatoms. The summed E-state index contributed by atoms with van der Waals surface area (Å²) in [6.45, 7) is 3.76. The van der Waals surface area contributed by atoms with Crippen LogP contribution in [0.15, 0.2) is 46.9 Å². The first-order valence-corrected chi connectivity index (χ1v) is 11.3. The molecule has 5 nitrogen and oxygen atoms in total. The van der Waals surface area contributed by atoms with Gasteiger partial charge in [-0.25, -0.2) is 12.8 Å². The summed E-state index contributed by atoms with van der Waals surface area (Å²) in [4.78, 5) is 14.9. The number of carbonyl (C=O) groups is 1. The van der Waals surface area contributed by atoms with E-state index in [9.17, 15) is 17.6 Å². The summed E-state index contributed by atoms with van der Waals surface area (Å²) in [5, 5.41) is 0.846. The minimum atomic E-state index is -3.22. The van der Waals surface area contributed by atoms with Crippen LogP contribution in [0.4, 0.5) is 4.39 Å². The molecular weight excluding hydrogens is 393 g/mol. The van der Waals surface area contributed by atoms with Gasteiger partial charge in [0.15, 0.2) is 15.6 Å². The van der Waals surface area contributed by atoms with E-state index < -0.39 is 27.6 Å². The largest absolute Gasteiger partial charge is 0.451 e. The van der Waals surface area contributed by atoms with E-state index in [2.05, 4.69) is 0 Å². The van der Waals surface area contributed by atoms with Gasteiger partial charge >= 0.3 is 0 Å². The summed E-state index contributed by atoms with van der Waals surface area (Å²) in [6, 6.07) is 11.4. The summed E-state index contributed by atoms with van der Waals surface area (Å²) in [6.07, 6.45) is 0.334. The lowest BCUT2D eigenvalue weighted by atomic mass is 10.1. The second-order valence-electron chi connectivity index (χ2n) is 7.64. The number of fused-ring (bicyclic) bond motifs is 1. The van der Waals surface area contributed by atoms with Gasteiger partial charge in [-0.1, -0.05) is 29.8 Å². The molecule has 1 aliphatic rings. The van der Waals surface area contributed by atoms with E-state index in [1.165, 1.54) is 11.0 Å². The van der Waals surface area contributed by atoms with Crippen LogP contribution in [0, 0.1) is 19.7 Å². The molecule has 0 bridgehead atoms. The van der Waals surface area contributed by atoms with Crippen LogP contribution in [0.3, 0.4) is 0 Å². The molecule has 0 saturated carbocycles. The summed E-state index contributed by atoms with van der Waals surface area (Å²) in [5.41, 5.74) is 2.69. The van der Waals surface area contributed by atoms with Gasteiger partial charge in [0.1, 0.15) is 11.4 Å². The molecule has 152 valence electrons. The van der Waals surface area contributed by atoms with Crippen molar-refractivity contribution < 1.29 is 22.0 Å². The zero-order chi connectivity index (χ0) is 20.8. The van der Waals surface area contributed by atoms with Crippen LogP contribution < -0.4 is 0 Å². The van der Waals surface area contributed by atoms with Crippen molar-refractivity contribution in [3.63, 3.8) is 0 Å². The first-order chi connectivity index (χ1) is 13.7. The van der Waals surface area contributed by atoms with Gasteiger partial charge < -0.3 is 9.32 Å². The number of benzene rings is 2. The molecule has 3 aromatic rings. The Morgan fingerprint density at radius 1 is 1.21 bits per heavy atom. The molecule has 4 rings (SSSR count). The first-order valence-electron chi connectivity index (χ1n) is 9.50. The molecule has 0 aliphatic carbocycles. The van der Waals surface area contributed by atoms with Crippen LogP contribution >= 0.6 is 0 Å². The van der Waals surface area contributed by atoms with Crippen LogP contribution in [0.25, 0.3) is 11.0 Å². The van der Waals surface area contributed by atoms with Crippen molar-refractivity contribution in [3.8, 4) is 0 Å². The monoisotopic (exact) mass is 415 g/mol. The highest BCUT2D eigenvalue weighted by molar-refractivity contribution is 7.91. The lowest BCUT2D eigenvalue weighted by Gasteiger charge is -2.28. The van der Waals surface area contributed by atoms with Gasteiger partial charge in [0, 0.05) is 29.1 Å². The number of carbonyl (C=O) groups excluding carboxylic acids is 1. The molecule has 0 N–H and O–H groups in total. The number of sulfone groups is 1. The Balaban J connectivity index is 1.75. The average Bonchev–Trinajstić information content (AvgIpc) is 3.20. The summed E-state index contributed by atoms with van der Waals surface area (Å²) in [7, 11) is -3.22. The number of hydrogen-bond acceptors (Lipinski definition) is 4. The maximum atomic E-state index is 14.3. The fourth-order valence-electron chi connectivity index (χ4n) is 3.87. The van der Waals surface area contributed by atoms with E-state index in [1.807, 2.05) is 32.0 Å². The van der Waals surface area contributed by atoms with Gasteiger partial charge in [0.25, 0.3) is 5.91 Å². The fraction of sp³-hybridized carbons (Fsp3) is 0.318. The first kappa shape index (κ1) is 19.6. The third-order valence-corrected chi connectivity index (χ3v) is 7.24. The molecule has 1 saturated heterocycles. The van der Waals surface area contributed by atoms with Crippen molar-refractivity contribution >= 4 is 26.7 Å². The van der Waals surface area contributed by atoms with Crippen molar-refractivity contribution in [1.29, 1.82) is 0 Å². The summed E-state index contributed by atoms with van der Waals surface area (Å²) < 4.78 is 44.2. The summed E-state index contributed by atoms with van der Waals surface area (Å²) >= 11 is 0. The number of hydrogen-bond donors (Lipinski definition) is 0. The number of rotatable bonds is 4. The lowest BCUT2D eigenvalue weighted by Crippen LogP contribution is -2.41. The van der Waals surface area contributed by atoms with Gasteiger partial charge in [-0.2, -0.15) is 0 Å². The minimum Gasteiger partial charge on any atom is -0.451 e. The number of aryl methyl sites for hydroxylation is 2. The Morgan fingerprint density at radius 3 is 2.66 bits per heavy atom.